The molecule has 4 saturated carbocycles. The summed E-state index contributed by atoms with van der Waals surface area (Å²) in [5, 5.41) is 1.35. The van der Waals surface area contributed by atoms with Gasteiger partial charge >= 0.3 is 0 Å². The summed E-state index contributed by atoms with van der Waals surface area (Å²) in [5.74, 6) is 2.02. The Kier molecular flexibility index (Phi) is 1.94. The van der Waals surface area contributed by atoms with Crippen LogP contribution in [0.25, 0.3) is 0 Å². The van der Waals surface area contributed by atoms with Gasteiger partial charge < -0.3 is 0 Å². The van der Waals surface area contributed by atoms with E-state index in [2.05, 4.69) is 45.7 Å². The minimum absolute atomic E-state index is 0.00150. The van der Waals surface area contributed by atoms with Gasteiger partial charge in [-0.05, 0) is 59.8 Å². The van der Waals surface area contributed by atoms with Gasteiger partial charge in [0, 0.05) is 4.47 Å². The normalized spacial score (nSPS) is 51.5. The molecule has 5 fully saturated rings. The lowest BCUT2D eigenvalue weighted by Crippen LogP contribution is -2.50. The number of nitrogens with one attached hydrogen (secondary N) is 1. The Hall–Kier alpha value is -1.88. The molecule has 1 N–H and O–H groups in total. The highest BCUT2D eigenvalue weighted by Crippen LogP contribution is 2.91. The molecule has 5 heteroatoms. The van der Waals surface area contributed by atoms with Gasteiger partial charge in [0.05, 0.1) is 16.5 Å². The van der Waals surface area contributed by atoms with E-state index < -0.39 is 10.8 Å². The molecule has 6 aliphatic carbocycles. The van der Waals surface area contributed by atoms with Crippen LogP contribution in [0.1, 0.15) is 0 Å². The monoisotopic (exact) mass is 394 g/mol. The molecule has 124 valence electrons. The summed E-state index contributed by atoms with van der Waals surface area (Å²) in [7, 11) is 0. The summed E-state index contributed by atoms with van der Waals surface area (Å²) < 4.78 is 0.969. The zero-order valence-corrected chi connectivity index (χ0v) is 14.8. The van der Waals surface area contributed by atoms with Gasteiger partial charge in [0.2, 0.25) is 0 Å². The average Bonchev–Trinajstić information content (AvgIpc) is 3.40. The molecule has 7 aliphatic rings. The van der Waals surface area contributed by atoms with Gasteiger partial charge in [0.1, 0.15) is 0 Å². The lowest BCUT2D eigenvalue weighted by molar-refractivity contribution is -0.141. The van der Waals surface area contributed by atoms with Crippen LogP contribution in [0.2, 0.25) is 0 Å². The van der Waals surface area contributed by atoms with Gasteiger partial charge in [-0.3, -0.25) is 15.0 Å². The van der Waals surface area contributed by atoms with Gasteiger partial charge in [-0.2, -0.15) is 5.01 Å². The van der Waals surface area contributed by atoms with E-state index in [1.807, 2.05) is 24.3 Å². The van der Waals surface area contributed by atoms with Gasteiger partial charge in [-0.15, -0.1) is 0 Å². The minimum Gasteiger partial charge on any atom is -0.289 e. The molecule has 25 heavy (non-hydrogen) atoms. The number of nitrogens with zero attached hydrogens (tertiary/aromatic N) is 1. The van der Waals surface area contributed by atoms with E-state index in [9.17, 15) is 9.59 Å². The van der Waals surface area contributed by atoms with Crippen molar-refractivity contribution >= 4 is 33.4 Å². The molecule has 8 rings (SSSR count). The molecule has 1 aliphatic heterocycles. The van der Waals surface area contributed by atoms with E-state index in [-0.39, 0.29) is 35.5 Å². The molecule has 0 aromatic heterocycles. The van der Waals surface area contributed by atoms with Crippen LogP contribution in [0, 0.1) is 46.3 Å². The number of benzene rings is 1. The van der Waals surface area contributed by atoms with E-state index in [1.54, 1.807) is 0 Å². The summed E-state index contributed by atoms with van der Waals surface area (Å²) in [6, 6.07) is 7.59. The molecule has 2 spiro atoms. The van der Waals surface area contributed by atoms with Crippen molar-refractivity contribution in [3.63, 3.8) is 0 Å². The first-order valence-electron chi connectivity index (χ1n) is 8.91. The standard InChI is InChI=1S/C20H15BrN2O2/c21-9-1-3-10(4-2-9)22-23-17(24)19-11-5-6-12-15(11)16-13(19)7-8-14(16)20(12,19)18(23)25/h1-8,11-16,22H. The fraction of sp³-hybridized carbons (Fsp3) is 0.400. The lowest BCUT2D eigenvalue weighted by Gasteiger charge is -2.43. The Labute approximate surface area is 153 Å². The number of halogens is 1. The molecular weight excluding hydrogens is 380 g/mol. The van der Waals surface area contributed by atoms with Crippen molar-refractivity contribution < 1.29 is 9.59 Å². The highest BCUT2D eigenvalue weighted by molar-refractivity contribution is 9.10. The number of anilines is 1. The maximum absolute atomic E-state index is 13.6. The first-order valence-corrected chi connectivity index (χ1v) is 9.70. The highest BCUT2D eigenvalue weighted by Gasteiger charge is 2.96. The average molecular weight is 395 g/mol. The van der Waals surface area contributed by atoms with Crippen molar-refractivity contribution in [1.29, 1.82) is 0 Å². The number of imide groups is 1. The second-order valence-corrected chi connectivity index (χ2v) is 9.25. The minimum atomic E-state index is -0.513. The number of carbonyl (C=O) groups excluding carboxylic acids is 2. The van der Waals surface area contributed by atoms with Crippen LogP contribution in [0.5, 0.6) is 0 Å². The Morgan fingerprint density at radius 2 is 1.24 bits per heavy atom. The third kappa shape index (κ3) is 0.990. The van der Waals surface area contributed by atoms with Crippen molar-refractivity contribution in [2.24, 2.45) is 46.3 Å². The van der Waals surface area contributed by atoms with E-state index in [0.717, 1.165) is 10.2 Å². The summed E-state index contributed by atoms with van der Waals surface area (Å²) >= 11 is 3.42. The second kappa shape index (κ2) is 3.63. The first kappa shape index (κ1) is 13.3. The fourth-order valence-electron chi connectivity index (χ4n) is 7.91. The zero-order valence-electron chi connectivity index (χ0n) is 13.2. The Morgan fingerprint density at radius 1 is 0.800 bits per heavy atom. The SMILES string of the molecule is O=C1N(Nc2ccc(Br)cc2)C(=O)C23C4C=CC5C4C4C(C=CC42)C153. The molecule has 0 radical (unpaired) electrons. The second-order valence-electron chi connectivity index (χ2n) is 8.33. The van der Waals surface area contributed by atoms with Crippen molar-refractivity contribution in [3.8, 4) is 0 Å². The summed E-state index contributed by atoms with van der Waals surface area (Å²) in [6.07, 6.45) is 8.96. The molecule has 8 bridgehead atoms. The number of amides is 2. The van der Waals surface area contributed by atoms with E-state index in [0.29, 0.717) is 11.8 Å². The van der Waals surface area contributed by atoms with Crippen molar-refractivity contribution in [3.05, 3.63) is 53.0 Å². The molecule has 1 saturated heterocycles. The third-order valence-corrected chi connectivity index (χ3v) is 8.67. The predicted molar refractivity (Wildman–Crippen MR) is 93.7 cm³/mol. The largest absolute Gasteiger partial charge is 0.289 e. The number of hydrogen-bond donors (Lipinski definition) is 1. The number of allylic oxidation sites excluding steroid dienone is 4. The highest BCUT2D eigenvalue weighted by atomic mass is 79.9. The van der Waals surface area contributed by atoms with E-state index in [1.165, 1.54) is 5.01 Å². The van der Waals surface area contributed by atoms with E-state index >= 15 is 0 Å². The van der Waals surface area contributed by atoms with Crippen molar-refractivity contribution in [2.75, 3.05) is 5.43 Å². The molecule has 4 nitrogen and oxygen atoms in total. The number of hydrazine groups is 1. The quantitative estimate of drug-likeness (QED) is 0.619. The van der Waals surface area contributed by atoms with Crippen LogP contribution in [0.4, 0.5) is 5.69 Å². The van der Waals surface area contributed by atoms with Gasteiger partial charge in [-0.1, -0.05) is 40.2 Å². The van der Waals surface area contributed by atoms with Crippen LogP contribution < -0.4 is 5.43 Å². The lowest BCUT2D eigenvalue weighted by atomic mass is 9.54. The summed E-state index contributed by atoms with van der Waals surface area (Å²) in [5.41, 5.74) is 2.86. The Balaban J connectivity index is 1.39. The maximum Gasteiger partial charge on any atom is 0.256 e. The van der Waals surface area contributed by atoms with Gasteiger partial charge in [0.25, 0.3) is 11.8 Å². The molecular formula is C20H15BrN2O2. The van der Waals surface area contributed by atoms with Crippen LogP contribution in [-0.2, 0) is 9.59 Å². The molecule has 1 heterocycles. The Morgan fingerprint density at radius 3 is 1.68 bits per heavy atom. The van der Waals surface area contributed by atoms with E-state index in [4.69, 9.17) is 0 Å². The van der Waals surface area contributed by atoms with Gasteiger partial charge in [0.15, 0.2) is 0 Å². The first-order chi connectivity index (χ1) is 12.1. The van der Waals surface area contributed by atoms with Crippen LogP contribution in [0.15, 0.2) is 53.0 Å². The Bertz CT molecular complexity index is 867. The number of hydrogen-bond acceptors (Lipinski definition) is 3. The molecule has 1 aromatic carbocycles. The predicted octanol–water partition coefficient (Wildman–Crippen LogP) is 3.00. The molecule has 1 aromatic rings. The number of rotatable bonds is 2. The maximum atomic E-state index is 13.6. The molecule has 2 amide bonds. The van der Waals surface area contributed by atoms with Gasteiger partial charge in [-0.25, -0.2) is 0 Å². The summed E-state index contributed by atoms with van der Waals surface area (Å²) in [4.78, 5) is 27.3. The summed E-state index contributed by atoms with van der Waals surface area (Å²) in [6.45, 7) is 0. The van der Waals surface area contributed by atoms with Crippen molar-refractivity contribution in [1.82, 2.24) is 5.01 Å². The molecule has 4 atom stereocenters. The number of carbonyl (C=O) groups is 2. The zero-order chi connectivity index (χ0) is 16.7. The van der Waals surface area contributed by atoms with Crippen LogP contribution in [0.3, 0.4) is 0 Å². The third-order valence-electron chi connectivity index (χ3n) is 8.14. The van der Waals surface area contributed by atoms with Crippen LogP contribution >= 0.6 is 15.9 Å². The van der Waals surface area contributed by atoms with Crippen molar-refractivity contribution in [2.45, 2.75) is 0 Å². The fourth-order valence-corrected chi connectivity index (χ4v) is 8.17. The molecule has 4 unspecified atom stereocenters. The smallest absolute Gasteiger partial charge is 0.256 e. The topological polar surface area (TPSA) is 49.4 Å². The van der Waals surface area contributed by atoms with Crippen LogP contribution in [-0.4, -0.2) is 16.8 Å².